The molecule has 13 heavy (non-hydrogen) atoms. The van der Waals surface area contributed by atoms with E-state index >= 15 is 0 Å². The molecule has 4 heteroatoms. The van der Waals surface area contributed by atoms with Gasteiger partial charge in [0, 0.05) is 0 Å². The van der Waals surface area contributed by atoms with Crippen molar-refractivity contribution in [2.75, 3.05) is 5.32 Å². The van der Waals surface area contributed by atoms with Gasteiger partial charge in [0.2, 0.25) is 0 Å². The number of hydrogen-bond acceptors (Lipinski definition) is 3. The maximum absolute atomic E-state index is 4.01. The zero-order valence-electron chi connectivity index (χ0n) is 6.94. The summed E-state index contributed by atoms with van der Waals surface area (Å²) in [6.07, 6.45) is 1.75. The van der Waals surface area contributed by atoms with Gasteiger partial charge in [0.25, 0.3) is 0 Å². The summed E-state index contributed by atoms with van der Waals surface area (Å²) in [6, 6.07) is 8.13. The van der Waals surface area contributed by atoms with Crippen LogP contribution in [0.4, 0.5) is 5.69 Å². The Kier molecular flexibility index (Phi) is 1.19. The van der Waals surface area contributed by atoms with Gasteiger partial charge < -0.3 is 5.32 Å². The van der Waals surface area contributed by atoms with Crippen LogP contribution in [0.5, 0.6) is 0 Å². The first-order valence-electron chi connectivity index (χ1n) is 4.17. The molecule has 0 radical (unpaired) electrons. The zero-order valence-corrected chi connectivity index (χ0v) is 6.94. The number of nitrogens with zero attached hydrogens (tertiary/aromatic N) is 3. The SMILES string of the molecule is c1ccc2c(c1)NCc1nncn1-2. The molecule has 2 heterocycles. The van der Waals surface area contributed by atoms with Crippen LogP contribution in [-0.4, -0.2) is 14.8 Å². The number of para-hydroxylation sites is 2. The molecule has 0 spiro atoms. The van der Waals surface area contributed by atoms with Gasteiger partial charge in [-0.25, -0.2) is 0 Å². The van der Waals surface area contributed by atoms with E-state index in [1.165, 1.54) is 0 Å². The fourth-order valence-corrected chi connectivity index (χ4v) is 1.59. The number of hydrogen-bond donors (Lipinski definition) is 1. The molecule has 0 atom stereocenters. The lowest BCUT2D eigenvalue weighted by molar-refractivity contribution is 0.862. The van der Waals surface area contributed by atoms with Crippen molar-refractivity contribution in [1.29, 1.82) is 0 Å². The van der Waals surface area contributed by atoms with Gasteiger partial charge >= 0.3 is 0 Å². The van der Waals surface area contributed by atoms with Crippen LogP contribution in [0.25, 0.3) is 5.69 Å². The molecule has 0 saturated heterocycles. The Hall–Kier alpha value is -1.84. The maximum atomic E-state index is 4.01. The number of aromatic nitrogens is 3. The molecular formula is C9H8N4. The summed E-state index contributed by atoms with van der Waals surface area (Å²) in [4.78, 5) is 0. The molecule has 1 aliphatic rings. The van der Waals surface area contributed by atoms with Crippen LogP contribution in [0.2, 0.25) is 0 Å². The van der Waals surface area contributed by atoms with Gasteiger partial charge in [-0.3, -0.25) is 4.57 Å². The van der Waals surface area contributed by atoms with Gasteiger partial charge in [-0.1, -0.05) is 12.1 Å². The third kappa shape index (κ3) is 0.853. The molecule has 0 amide bonds. The van der Waals surface area contributed by atoms with E-state index in [9.17, 15) is 0 Å². The first kappa shape index (κ1) is 6.65. The Morgan fingerprint density at radius 2 is 2.23 bits per heavy atom. The molecular weight excluding hydrogens is 164 g/mol. The van der Waals surface area contributed by atoms with Gasteiger partial charge in [0.15, 0.2) is 5.82 Å². The molecule has 0 bridgehead atoms. The van der Waals surface area contributed by atoms with Gasteiger partial charge in [-0.15, -0.1) is 10.2 Å². The lowest BCUT2D eigenvalue weighted by atomic mass is 10.2. The fraction of sp³-hybridized carbons (Fsp3) is 0.111. The highest BCUT2D eigenvalue weighted by molar-refractivity contribution is 5.63. The third-order valence-electron chi connectivity index (χ3n) is 2.22. The Morgan fingerprint density at radius 1 is 1.31 bits per heavy atom. The second-order valence-electron chi connectivity index (χ2n) is 2.99. The number of fused-ring (bicyclic) bond motifs is 3. The highest BCUT2D eigenvalue weighted by Gasteiger charge is 2.14. The average Bonchev–Trinajstić information content (AvgIpc) is 2.65. The Balaban J connectivity index is 2.30. The normalized spacial score (nSPS) is 12.9. The van der Waals surface area contributed by atoms with E-state index < -0.39 is 0 Å². The second-order valence-corrected chi connectivity index (χ2v) is 2.99. The standard InChI is InChI=1S/C9H8N4/c1-2-4-8-7(3-1)10-5-9-12-11-6-13(8)9/h1-4,6,10H,5H2. The predicted molar refractivity (Wildman–Crippen MR) is 48.7 cm³/mol. The average molecular weight is 172 g/mol. The van der Waals surface area contributed by atoms with Crippen LogP contribution in [-0.2, 0) is 6.54 Å². The van der Waals surface area contributed by atoms with Gasteiger partial charge in [-0.05, 0) is 12.1 Å². The maximum Gasteiger partial charge on any atom is 0.156 e. The lowest BCUT2D eigenvalue weighted by Gasteiger charge is -2.18. The van der Waals surface area contributed by atoms with Crippen molar-refractivity contribution in [3.05, 3.63) is 36.4 Å². The van der Waals surface area contributed by atoms with E-state index in [2.05, 4.69) is 21.6 Å². The Bertz CT molecular complexity index is 446. The molecule has 1 aromatic heterocycles. The quantitative estimate of drug-likeness (QED) is 0.649. The second kappa shape index (κ2) is 2.32. The summed E-state index contributed by atoms with van der Waals surface area (Å²) in [7, 11) is 0. The topological polar surface area (TPSA) is 42.7 Å². The van der Waals surface area contributed by atoms with Crippen molar-refractivity contribution in [2.45, 2.75) is 6.54 Å². The molecule has 0 unspecified atom stereocenters. The number of nitrogens with one attached hydrogen (secondary N) is 1. The number of rotatable bonds is 0. The van der Waals surface area contributed by atoms with Crippen LogP contribution in [0, 0.1) is 0 Å². The molecule has 1 N–H and O–H groups in total. The Labute approximate surface area is 75.2 Å². The van der Waals surface area contributed by atoms with Gasteiger partial charge in [0.05, 0.1) is 17.9 Å². The molecule has 0 aliphatic carbocycles. The van der Waals surface area contributed by atoms with E-state index in [1.807, 2.05) is 22.8 Å². The summed E-state index contributed by atoms with van der Waals surface area (Å²) < 4.78 is 2.01. The van der Waals surface area contributed by atoms with Crippen molar-refractivity contribution >= 4 is 5.69 Å². The van der Waals surface area contributed by atoms with E-state index in [-0.39, 0.29) is 0 Å². The molecule has 0 fully saturated rings. The van der Waals surface area contributed by atoms with Crippen molar-refractivity contribution in [3.63, 3.8) is 0 Å². The monoisotopic (exact) mass is 172 g/mol. The van der Waals surface area contributed by atoms with Crippen LogP contribution >= 0.6 is 0 Å². The van der Waals surface area contributed by atoms with Crippen LogP contribution < -0.4 is 5.32 Å². The largest absolute Gasteiger partial charge is 0.376 e. The van der Waals surface area contributed by atoms with Crippen LogP contribution in [0.15, 0.2) is 30.6 Å². The summed E-state index contributed by atoms with van der Waals surface area (Å²) in [5, 5.41) is 11.2. The smallest absolute Gasteiger partial charge is 0.156 e. The molecule has 4 nitrogen and oxygen atoms in total. The highest BCUT2D eigenvalue weighted by atomic mass is 15.3. The molecule has 0 saturated carbocycles. The van der Waals surface area contributed by atoms with Crippen molar-refractivity contribution in [3.8, 4) is 5.69 Å². The summed E-state index contributed by atoms with van der Waals surface area (Å²) in [5.74, 6) is 0.957. The first-order valence-corrected chi connectivity index (χ1v) is 4.17. The summed E-state index contributed by atoms with van der Waals surface area (Å²) in [5.41, 5.74) is 2.25. The fourth-order valence-electron chi connectivity index (χ4n) is 1.59. The summed E-state index contributed by atoms with van der Waals surface area (Å²) in [6.45, 7) is 0.747. The lowest BCUT2D eigenvalue weighted by Crippen LogP contribution is -2.14. The third-order valence-corrected chi connectivity index (χ3v) is 2.22. The zero-order chi connectivity index (χ0) is 8.67. The minimum atomic E-state index is 0.747. The van der Waals surface area contributed by atoms with Crippen molar-refractivity contribution in [2.24, 2.45) is 0 Å². The van der Waals surface area contributed by atoms with E-state index in [0.29, 0.717) is 0 Å². The van der Waals surface area contributed by atoms with Crippen LogP contribution in [0.3, 0.4) is 0 Å². The van der Waals surface area contributed by atoms with Gasteiger partial charge in [0.1, 0.15) is 6.33 Å². The number of benzene rings is 1. The minimum Gasteiger partial charge on any atom is -0.376 e. The number of anilines is 1. The van der Waals surface area contributed by atoms with Crippen LogP contribution in [0.1, 0.15) is 5.82 Å². The van der Waals surface area contributed by atoms with Crippen molar-refractivity contribution in [1.82, 2.24) is 14.8 Å². The van der Waals surface area contributed by atoms with Gasteiger partial charge in [-0.2, -0.15) is 0 Å². The molecule has 1 aromatic carbocycles. The molecule has 2 aromatic rings. The van der Waals surface area contributed by atoms with E-state index in [4.69, 9.17) is 0 Å². The Morgan fingerprint density at radius 3 is 3.23 bits per heavy atom. The first-order chi connectivity index (χ1) is 6.45. The van der Waals surface area contributed by atoms with Crippen molar-refractivity contribution < 1.29 is 0 Å². The van der Waals surface area contributed by atoms with E-state index in [1.54, 1.807) is 6.33 Å². The highest BCUT2D eigenvalue weighted by Crippen LogP contribution is 2.24. The minimum absolute atomic E-state index is 0.747. The summed E-state index contributed by atoms with van der Waals surface area (Å²) >= 11 is 0. The molecule has 1 aliphatic heterocycles. The van der Waals surface area contributed by atoms with E-state index in [0.717, 1.165) is 23.7 Å². The predicted octanol–water partition coefficient (Wildman–Crippen LogP) is 1.19. The molecule has 64 valence electrons. The molecule has 3 rings (SSSR count).